The van der Waals surface area contributed by atoms with Crippen molar-refractivity contribution in [1.82, 2.24) is 24.5 Å². The zero-order valence-electron chi connectivity index (χ0n) is 15.8. The van der Waals surface area contributed by atoms with Crippen LogP contribution in [0.4, 0.5) is 0 Å². The van der Waals surface area contributed by atoms with E-state index in [0.29, 0.717) is 19.8 Å². The number of aryl methyl sites for hydroxylation is 2. The third-order valence-electron chi connectivity index (χ3n) is 4.24. The van der Waals surface area contributed by atoms with Crippen LogP contribution >= 0.6 is 0 Å². The summed E-state index contributed by atoms with van der Waals surface area (Å²) >= 11 is 0. The highest BCUT2D eigenvalue weighted by Gasteiger charge is 2.17. The minimum Gasteiger partial charge on any atom is -0.380 e. The first kappa shape index (κ1) is 18.3. The molecule has 3 rings (SSSR count). The minimum atomic E-state index is 0.268. The summed E-state index contributed by atoms with van der Waals surface area (Å²) in [4.78, 5) is 4.82. The molecule has 0 aliphatic carbocycles. The number of aromatic nitrogens is 5. The van der Waals surface area contributed by atoms with Crippen molar-refractivity contribution in [3.05, 3.63) is 54.0 Å². The van der Waals surface area contributed by atoms with Gasteiger partial charge in [-0.05, 0) is 38.8 Å². The number of hydrogen-bond acceptors (Lipinski definition) is 4. The van der Waals surface area contributed by atoms with Crippen LogP contribution in [0.15, 0.2) is 42.6 Å². The van der Waals surface area contributed by atoms with Crippen LogP contribution in [-0.4, -0.2) is 37.8 Å². The van der Waals surface area contributed by atoms with Crippen LogP contribution in [0.3, 0.4) is 0 Å². The van der Waals surface area contributed by atoms with Gasteiger partial charge in [-0.3, -0.25) is 4.68 Å². The molecule has 2 heterocycles. The lowest BCUT2D eigenvalue weighted by Crippen LogP contribution is -2.12. The topological polar surface area (TPSA) is 57.8 Å². The van der Waals surface area contributed by atoms with E-state index in [2.05, 4.69) is 43.2 Å². The van der Waals surface area contributed by atoms with Gasteiger partial charge in [0.25, 0.3) is 0 Å². The maximum absolute atomic E-state index is 5.51. The highest BCUT2D eigenvalue weighted by molar-refractivity contribution is 5.49. The van der Waals surface area contributed by atoms with Gasteiger partial charge in [0.15, 0.2) is 11.6 Å². The molecular formula is C20H27N5O. The zero-order chi connectivity index (χ0) is 18.4. The Morgan fingerprint density at radius 3 is 2.62 bits per heavy atom. The number of ether oxygens (including phenoxy) is 1. The first-order valence-electron chi connectivity index (χ1n) is 9.28. The lowest BCUT2D eigenvalue weighted by atomic mass is 10.1. The van der Waals surface area contributed by atoms with Gasteiger partial charge < -0.3 is 4.74 Å². The Bertz CT molecular complexity index is 807. The predicted octanol–water partition coefficient (Wildman–Crippen LogP) is 3.54. The van der Waals surface area contributed by atoms with Crippen LogP contribution in [0.2, 0.25) is 0 Å². The van der Waals surface area contributed by atoms with E-state index in [1.54, 1.807) is 0 Å². The van der Waals surface area contributed by atoms with Crippen molar-refractivity contribution in [2.24, 2.45) is 0 Å². The third-order valence-corrected chi connectivity index (χ3v) is 4.24. The van der Waals surface area contributed by atoms with E-state index in [-0.39, 0.29) is 6.04 Å². The van der Waals surface area contributed by atoms with Gasteiger partial charge in [-0.2, -0.15) is 10.2 Å². The van der Waals surface area contributed by atoms with Gasteiger partial charge in [-0.1, -0.05) is 30.3 Å². The van der Waals surface area contributed by atoms with Gasteiger partial charge >= 0.3 is 0 Å². The number of benzene rings is 1. The Hall–Kier alpha value is -2.47. The SMILES string of the molecule is CCOCCn1nc(CCc2ccccc2)nc1-c1ccnn1C(C)C. The second-order valence-corrected chi connectivity index (χ2v) is 6.51. The second kappa shape index (κ2) is 8.76. The van der Waals surface area contributed by atoms with Gasteiger partial charge in [-0.15, -0.1) is 0 Å². The summed E-state index contributed by atoms with van der Waals surface area (Å²) in [6.45, 7) is 8.25. The van der Waals surface area contributed by atoms with Crippen molar-refractivity contribution in [1.29, 1.82) is 0 Å². The van der Waals surface area contributed by atoms with E-state index in [0.717, 1.165) is 30.2 Å². The summed E-state index contributed by atoms with van der Waals surface area (Å²) in [7, 11) is 0. The molecule has 26 heavy (non-hydrogen) atoms. The van der Waals surface area contributed by atoms with E-state index in [9.17, 15) is 0 Å². The monoisotopic (exact) mass is 353 g/mol. The molecule has 3 aromatic rings. The Morgan fingerprint density at radius 1 is 1.08 bits per heavy atom. The number of nitrogens with zero attached hydrogens (tertiary/aromatic N) is 5. The summed E-state index contributed by atoms with van der Waals surface area (Å²) in [5, 5.41) is 9.17. The molecule has 6 heteroatoms. The van der Waals surface area contributed by atoms with Gasteiger partial charge in [0.05, 0.1) is 13.2 Å². The van der Waals surface area contributed by atoms with Gasteiger partial charge in [-0.25, -0.2) is 9.67 Å². The van der Waals surface area contributed by atoms with Crippen molar-refractivity contribution in [3.8, 4) is 11.5 Å². The molecule has 138 valence electrons. The quantitative estimate of drug-likeness (QED) is 0.552. The van der Waals surface area contributed by atoms with Gasteiger partial charge in [0, 0.05) is 25.3 Å². The summed E-state index contributed by atoms with van der Waals surface area (Å²) < 4.78 is 9.45. The standard InChI is InChI=1S/C20H27N5O/c1-4-26-15-14-24-20(18-12-13-21-25(18)16(2)3)22-19(23-24)11-10-17-8-6-5-7-9-17/h5-9,12-13,16H,4,10-11,14-15H2,1-3H3. The van der Waals surface area contributed by atoms with Crippen molar-refractivity contribution >= 4 is 0 Å². The molecule has 0 unspecified atom stereocenters. The Balaban J connectivity index is 1.83. The molecule has 0 atom stereocenters. The number of hydrogen-bond donors (Lipinski definition) is 0. The average molecular weight is 353 g/mol. The lowest BCUT2D eigenvalue weighted by molar-refractivity contribution is 0.136. The van der Waals surface area contributed by atoms with Crippen LogP contribution in [0.5, 0.6) is 0 Å². The molecular weight excluding hydrogens is 326 g/mol. The first-order chi connectivity index (χ1) is 12.7. The fraction of sp³-hybridized carbons (Fsp3) is 0.450. The molecule has 6 nitrogen and oxygen atoms in total. The Kier molecular flexibility index (Phi) is 6.17. The average Bonchev–Trinajstić information content (AvgIpc) is 3.28. The molecule has 0 aliphatic rings. The molecule has 0 spiro atoms. The highest BCUT2D eigenvalue weighted by atomic mass is 16.5. The smallest absolute Gasteiger partial charge is 0.176 e. The summed E-state index contributed by atoms with van der Waals surface area (Å²) in [6.07, 6.45) is 3.56. The van der Waals surface area contributed by atoms with Crippen LogP contribution in [0, 0.1) is 0 Å². The molecule has 0 amide bonds. The highest BCUT2D eigenvalue weighted by Crippen LogP contribution is 2.21. The first-order valence-corrected chi connectivity index (χ1v) is 9.28. The molecule has 1 aromatic carbocycles. The van der Waals surface area contributed by atoms with Crippen LogP contribution in [0.1, 0.15) is 38.2 Å². The molecule has 0 saturated carbocycles. The fourth-order valence-electron chi connectivity index (χ4n) is 2.94. The van der Waals surface area contributed by atoms with Crippen molar-refractivity contribution in [2.75, 3.05) is 13.2 Å². The maximum Gasteiger partial charge on any atom is 0.176 e. The molecule has 0 N–H and O–H groups in total. The van der Waals surface area contributed by atoms with E-state index >= 15 is 0 Å². The normalized spacial score (nSPS) is 11.4. The summed E-state index contributed by atoms with van der Waals surface area (Å²) in [5.74, 6) is 1.72. The number of rotatable bonds is 9. The lowest BCUT2D eigenvalue weighted by Gasteiger charge is -2.11. The van der Waals surface area contributed by atoms with Crippen LogP contribution in [-0.2, 0) is 24.1 Å². The van der Waals surface area contributed by atoms with Gasteiger partial charge in [0.1, 0.15) is 5.69 Å². The molecule has 0 radical (unpaired) electrons. The van der Waals surface area contributed by atoms with Crippen LogP contribution in [0.25, 0.3) is 11.5 Å². The molecule has 2 aromatic heterocycles. The molecule has 0 saturated heterocycles. The Labute approximate surface area is 154 Å². The van der Waals surface area contributed by atoms with Crippen molar-refractivity contribution in [2.45, 2.75) is 46.2 Å². The fourth-order valence-corrected chi connectivity index (χ4v) is 2.94. The third kappa shape index (κ3) is 4.38. The molecule has 0 fully saturated rings. The summed E-state index contributed by atoms with van der Waals surface area (Å²) in [5.41, 5.74) is 2.29. The minimum absolute atomic E-state index is 0.268. The Morgan fingerprint density at radius 2 is 1.88 bits per heavy atom. The largest absolute Gasteiger partial charge is 0.380 e. The van der Waals surface area contributed by atoms with Crippen molar-refractivity contribution in [3.63, 3.8) is 0 Å². The molecule has 0 aliphatic heterocycles. The van der Waals surface area contributed by atoms with Crippen molar-refractivity contribution < 1.29 is 4.74 Å². The predicted molar refractivity (Wildman–Crippen MR) is 102 cm³/mol. The molecule has 0 bridgehead atoms. The zero-order valence-corrected chi connectivity index (χ0v) is 15.8. The van der Waals surface area contributed by atoms with Crippen LogP contribution < -0.4 is 0 Å². The van der Waals surface area contributed by atoms with E-state index < -0.39 is 0 Å². The van der Waals surface area contributed by atoms with E-state index in [1.807, 2.05) is 34.6 Å². The van der Waals surface area contributed by atoms with E-state index in [4.69, 9.17) is 14.8 Å². The second-order valence-electron chi connectivity index (χ2n) is 6.51. The summed E-state index contributed by atoms with van der Waals surface area (Å²) in [6, 6.07) is 12.7. The van der Waals surface area contributed by atoms with Gasteiger partial charge in [0.2, 0.25) is 0 Å². The maximum atomic E-state index is 5.51. The van der Waals surface area contributed by atoms with E-state index in [1.165, 1.54) is 5.56 Å².